The van der Waals surface area contributed by atoms with Gasteiger partial charge in [-0.2, -0.15) is 4.31 Å². The van der Waals surface area contributed by atoms with Crippen molar-refractivity contribution in [2.24, 2.45) is 0 Å². The number of piperidine rings is 1. The highest BCUT2D eigenvalue weighted by Crippen LogP contribution is 2.32. The quantitative estimate of drug-likeness (QED) is 0.522. The summed E-state index contributed by atoms with van der Waals surface area (Å²) in [5.74, 6) is 0.759. The van der Waals surface area contributed by atoms with Crippen LogP contribution in [0.15, 0.2) is 53.9 Å². The number of rotatable bonds is 10. The Morgan fingerprint density at radius 3 is 2.45 bits per heavy atom. The van der Waals surface area contributed by atoms with Crippen molar-refractivity contribution < 1.29 is 27.4 Å². The van der Waals surface area contributed by atoms with Crippen LogP contribution in [-0.2, 0) is 10.0 Å². The molecule has 178 valence electrons. The average Bonchev–Trinajstić information content (AvgIpc) is 2.84. The molecule has 0 spiro atoms. The van der Waals surface area contributed by atoms with Gasteiger partial charge < -0.3 is 19.5 Å². The second-order valence-corrected chi connectivity index (χ2v) is 9.39. The molecule has 3 rings (SSSR count). The van der Waals surface area contributed by atoms with Gasteiger partial charge in [0.1, 0.15) is 17.3 Å². The smallest absolute Gasteiger partial charge is 0.255 e. The van der Waals surface area contributed by atoms with E-state index in [1.165, 1.54) is 17.5 Å². The van der Waals surface area contributed by atoms with Gasteiger partial charge in [0.05, 0.1) is 13.7 Å². The molecule has 1 aliphatic rings. The van der Waals surface area contributed by atoms with E-state index in [0.717, 1.165) is 19.3 Å². The summed E-state index contributed by atoms with van der Waals surface area (Å²) >= 11 is 0. The number of anilines is 1. The third kappa shape index (κ3) is 5.85. The van der Waals surface area contributed by atoms with E-state index in [-0.39, 0.29) is 10.6 Å². The predicted molar refractivity (Wildman–Crippen MR) is 127 cm³/mol. The molecule has 1 fully saturated rings. The number of hydrogen-bond acceptors (Lipinski definition) is 6. The van der Waals surface area contributed by atoms with Crippen LogP contribution in [0.5, 0.6) is 17.2 Å². The fraction of sp³-hybridized carbons (Fsp3) is 0.375. The molecule has 0 aromatic heterocycles. The van der Waals surface area contributed by atoms with Gasteiger partial charge in [-0.15, -0.1) is 0 Å². The molecule has 1 amide bonds. The van der Waals surface area contributed by atoms with Gasteiger partial charge in [-0.1, -0.05) is 19.1 Å². The summed E-state index contributed by atoms with van der Waals surface area (Å²) in [6.45, 7) is 6.99. The number of nitrogens with one attached hydrogen (secondary N) is 1. The molecule has 9 heteroatoms. The number of ether oxygens (including phenoxy) is 3. The van der Waals surface area contributed by atoms with Crippen molar-refractivity contribution >= 4 is 21.6 Å². The summed E-state index contributed by atoms with van der Waals surface area (Å²) in [4.78, 5) is 12.9. The molecule has 0 radical (unpaired) electrons. The van der Waals surface area contributed by atoms with E-state index >= 15 is 0 Å². The van der Waals surface area contributed by atoms with Crippen LogP contribution < -0.4 is 19.5 Å². The van der Waals surface area contributed by atoms with E-state index in [0.29, 0.717) is 49.1 Å². The van der Waals surface area contributed by atoms with Crippen molar-refractivity contribution in [1.29, 1.82) is 0 Å². The van der Waals surface area contributed by atoms with E-state index < -0.39 is 15.9 Å². The Morgan fingerprint density at radius 2 is 1.79 bits per heavy atom. The number of carbonyl (C=O) groups excluding carboxylic acids is 1. The molecule has 2 aromatic carbocycles. The fourth-order valence-corrected chi connectivity index (χ4v) is 5.26. The maximum absolute atomic E-state index is 13.3. The molecule has 1 heterocycles. The van der Waals surface area contributed by atoms with Crippen LogP contribution in [0.1, 0.15) is 36.5 Å². The minimum atomic E-state index is -3.75. The first-order valence-electron chi connectivity index (χ1n) is 10.9. The van der Waals surface area contributed by atoms with Gasteiger partial charge in [0.2, 0.25) is 10.0 Å². The van der Waals surface area contributed by atoms with Crippen LogP contribution in [0.2, 0.25) is 0 Å². The van der Waals surface area contributed by atoms with Crippen molar-refractivity contribution in [2.45, 2.75) is 31.1 Å². The molecule has 8 nitrogen and oxygen atoms in total. The minimum Gasteiger partial charge on any atom is -0.493 e. The highest BCUT2D eigenvalue weighted by atomic mass is 32.2. The van der Waals surface area contributed by atoms with Gasteiger partial charge in [0.25, 0.3) is 5.91 Å². The zero-order valence-electron chi connectivity index (χ0n) is 19.0. The standard InChI is InChI=1S/C24H30N2O6S/c1-4-15-32-20-11-9-18(16-22(20)30-3)24(27)25-19-10-12-21(31-5-2)23(17-19)33(28,29)26-13-7-6-8-14-26/h4,9-12,16-17H,1,5-8,13-15H2,2-3H3,(H,25,27). The zero-order chi connectivity index (χ0) is 23.8. The number of methoxy groups -OCH3 is 1. The largest absolute Gasteiger partial charge is 0.493 e. The van der Waals surface area contributed by atoms with Gasteiger partial charge in [-0.25, -0.2) is 8.42 Å². The minimum absolute atomic E-state index is 0.0507. The number of amides is 1. The maximum atomic E-state index is 13.3. The molecule has 2 aromatic rings. The van der Waals surface area contributed by atoms with Crippen molar-refractivity contribution in [1.82, 2.24) is 4.31 Å². The second-order valence-electron chi connectivity index (χ2n) is 7.48. The van der Waals surface area contributed by atoms with Gasteiger partial charge in [0, 0.05) is 24.3 Å². The SMILES string of the molecule is C=CCOc1ccc(C(=O)Nc2ccc(OCC)c(S(=O)(=O)N3CCCCC3)c2)cc1OC. The Bertz CT molecular complexity index is 1090. The van der Waals surface area contributed by atoms with E-state index in [9.17, 15) is 13.2 Å². The predicted octanol–water partition coefficient (Wildman–Crippen LogP) is 4.09. The fourth-order valence-electron chi connectivity index (χ4n) is 3.59. The molecule has 1 saturated heterocycles. The summed E-state index contributed by atoms with van der Waals surface area (Å²) in [6.07, 6.45) is 4.28. The molecule has 0 bridgehead atoms. The molecule has 0 aliphatic carbocycles. The lowest BCUT2D eigenvalue weighted by Crippen LogP contribution is -2.35. The second kappa shape index (κ2) is 11.2. The van der Waals surface area contributed by atoms with Crippen molar-refractivity contribution in [3.63, 3.8) is 0 Å². The first-order valence-corrected chi connectivity index (χ1v) is 12.3. The average molecular weight is 475 g/mol. The highest BCUT2D eigenvalue weighted by molar-refractivity contribution is 7.89. The van der Waals surface area contributed by atoms with E-state index in [4.69, 9.17) is 14.2 Å². The summed E-state index contributed by atoms with van der Waals surface area (Å²) in [6, 6.07) is 9.46. The van der Waals surface area contributed by atoms with Crippen molar-refractivity contribution in [2.75, 3.05) is 38.7 Å². The number of carbonyl (C=O) groups is 1. The van der Waals surface area contributed by atoms with E-state index in [1.54, 1.807) is 43.3 Å². The normalized spacial score (nSPS) is 14.4. The van der Waals surface area contributed by atoms with Crippen LogP contribution in [0.3, 0.4) is 0 Å². The zero-order valence-corrected chi connectivity index (χ0v) is 19.8. The molecule has 1 aliphatic heterocycles. The van der Waals surface area contributed by atoms with Crippen molar-refractivity contribution in [3.05, 3.63) is 54.6 Å². The Morgan fingerprint density at radius 1 is 1.06 bits per heavy atom. The molecule has 0 saturated carbocycles. The number of nitrogens with zero attached hydrogens (tertiary/aromatic N) is 1. The summed E-state index contributed by atoms with van der Waals surface area (Å²) < 4.78 is 44.5. The van der Waals surface area contributed by atoms with E-state index in [2.05, 4.69) is 11.9 Å². The molecule has 0 atom stereocenters. The Hall–Kier alpha value is -3.04. The first kappa shape index (κ1) is 24.6. The Labute approximate surface area is 195 Å². The molecular formula is C24H30N2O6S. The van der Waals surface area contributed by atoms with Gasteiger partial charge in [-0.05, 0) is 56.2 Å². The van der Waals surface area contributed by atoms with Crippen LogP contribution >= 0.6 is 0 Å². The van der Waals surface area contributed by atoms with Crippen LogP contribution in [-0.4, -0.2) is 52.0 Å². The van der Waals surface area contributed by atoms with Gasteiger partial charge in [0.15, 0.2) is 11.5 Å². The number of sulfonamides is 1. The first-order chi connectivity index (χ1) is 15.9. The summed E-state index contributed by atoms with van der Waals surface area (Å²) in [5.41, 5.74) is 0.692. The lowest BCUT2D eigenvalue weighted by Gasteiger charge is -2.27. The molecule has 33 heavy (non-hydrogen) atoms. The Balaban J connectivity index is 1.87. The molecular weight excluding hydrogens is 444 g/mol. The third-order valence-electron chi connectivity index (χ3n) is 5.22. The molecule has 0 unspecified atom stereocenters. The van der Waals surface area contributed by atoms with Crippen molar-refractivity contribution in [3.8, 4) is 17.2 Å². The monoisotopic (exact) mass is 474 g/mol. The summed E-state index contributed by atoms with van der Waals surface area (Å²) in [7, 11) is -2.26. The maximum Gasteiger partial charge on any atom is 0.255 e. The Kier molecular flexibility index (Phi) is 8.35. The van der Waals surface area contributed by atoms with Crippen LogP contribution in [0.25, 0.3) is 0 Å². The lowest BCUT2D eigenvalue weighted by molar-refractivity contribution is 0.102. The van der Waals surface area contributed by atoms with Gasteiger partial charge >= 0.3 is 0 Å². The summed E-state index contributed by atoms with van der Waals surface area (Å²) in [5, 5.41) is 2.77. The highest BCUT2D eigenvalue weighted by Gasteiger charge is 2.29. The number of hydrogen-bond donors (Lipinski definition) is 1. The van der Waals surface area contributed by atoms with E-state index in [1.807, 2.05) is 0 Å². The third-order valence-corrected chi connectivity index (χ3v) is 7.14. The number of benzene rings is 2. The van der Waals surface area contributed by atoms with Crippen LogP contribution in [0, 0.1) is 0 Å². The van der Waals surface area contributed by atoms with Crippen LogP contribution in [0.4, 0.5) is 5.69 Å². The molecule has 1 N–H and O–H groups in total. The topological polar surface area (TPSA) is 94.2 Å². The van der Waals surface area contributed by atoms with Gasteiger partial charge in [-0.3, -0.25) is 4.79 Å². The lowest BCUT2D eigenvalue weighted by atomic mass is 10.1.